The summed E-state index contributed by atoms with van der Waals surface area (Å²) in [6, 6.07) is 7.14. The van der Waals surface area contributed by atoms with Gasteiger partial charge in [0.15, 0.2) is 6.61 Å². The molecule has 1 fully saturated rings. The van der Waals surface area contributed by atoms with Crippen molar-refractivity contribution in [2.75, 3.05) is 19.7 Å². The maximum absolute atomic E-state index is 12.0. The number of carbonyl (C=O) groups excluding carboxylic acids is 2. The molecule has 0 spiro atoms. The molecule has 0 atom stereocenters. The third-order valence-electron chi connectivity index (χ3n) is 3.56. The Morgan fingerprint density at radius 1 is 1.18 bits per heavy atom. The summed E-state index contributed by atoms with van der Waals surface area (Å²) < 4.78 is 5.00. The predicted molar refractivity (Wildman–Crippen MR) is 86.5 cm³/mol. The van der Waals surface area contributed by atoms with E-state index in [9.17, 15) is 9.59 Å². The molecule has 5 heteroatoms. The van der Waals surface area contributed by atoms with Crippen LogP contribution < -0.4 is 0 Å². The lowest BCUT2D eigenvalue weighted by atomic mass is 10.2. The van der Waals surface area contributed by atoms with Crippen molar-refractivity contribution < 1.29 is 14.3 Å². The summed E-state index contributed by atoms with van der Waals surface area (Å²) >= 11 is 5.86. The molecule has 22 heavy (non-hydrogen) atoms. The van der Waals surface area contributed by atoms with Crippen LogP contribution in [0.5, 0.6) is 0 Å². The molecule has 1 saturated heterocycles. The molecule has 0 saturated carbocycles. The van der Waals surface area contributed by atoms with E-state index in [0.29, 0.717) is 5.02 Å². The maximum atomic E-state index is 12.0. The van der Waals surface area contributed by atoms with Gasteiger partial charge in [0.2, 0.25) is 0 Å². The van der Waals surface area contributed by atoms with E-state index in [4.69, 9.17) is 16.3 Å². The van der Waals surface area contributed by atoms with Gasteiger partial charge in [0.05, 0.1) is 0 Å². The van der Waals surface area contributed by atoms with E-state index < -0.39 is 5.97 Å². The number of ether oxygens (including phenoxy) is 1. The predicted octanol–water partition coefficient (Wildman–Crippen LogP) is 3.30. The van der Waals surface area contributed by atoms with E-state index in [1.165, 1.54) is 6.08 Å². The average molecular weight is 322 g/mol. The van der Waals surface area contributed by atoms with E-state index in [1.807, 2.05) is 6.07 Å². The molecule has 0 unspecified atom stereocenters. The second-order valence-electron chi connectivity index (χ2n) is 5.29. The average Bonchev–Trinajstić information content (AvgIpc) is 2.80. The third kappa shape index (κ3) is 5.53. The molecule has 0 bridgehead atoms. The molecular formula is C17H20ClNO3. The van der Waals surface area contributed by atoms with Crippen molar-refractivity contribution in [3.63, 3.8) is 0 Å². The molecule has 1 aromatic rings. The Morgan fingerprint density at radius 2 is 1.91 bits per heavy atom. The number of amides is 1. The Labute approximate surface area is 135 Å². The first kappa shape index (κ1) is 16.6. The first-order valence-electron chi connectivity index (χ1n) is 7.53. The summed E-state index contributed by atoms with van der Waals surface area (Å²) in [5, 5.41) is 0.604. The maximum Gasteiger partial charge on any atom is 0.331 e. The third-order valence-corrected chi connectivity index (χ3v) is 3.79. The van der Waals surface area contributed by atoms with Gasteiger partial charge in [0.1, 0.15) is 0 Å². The Kier molecular flexibility index (Phi) is 6.46. The van der Waals surface area contributed by atoms with Crippen LogP contribution in [-0.2, 0) is 14.3 Å². The van der Waals surface area contributed by atoms with E-state index in [-0.39, 0.29) is 12.5 Å². The Balaban J connectivity index is 1.78. The van der Waals surface area contributed by atoms with Crippen molar-refractivity contribution in [2.45, 2.75) is 25.7 Å². The molecule has 0 N–H and O–H groups in total. The number of benzene rings is 1. The van der Waals surface area contributed by atoms with Crippen LogP contribution in [0.4, 0.5) is 0 Å². The zero-order chi connectivity index (χ0) is 15.8. The molecule has 0 radical (unpaired) electrons. The Bertz CT molecular complexity index is 549. The number of esters is 1. The van der Waals surface area contributed by atoms with E-state index in [0.717, 1.165) is 44.3 Å². The van der Waals surface area contributed by atoms with Gasteiger partial charge in [0, 0.05) is 24.2 Å². The monoisotopic (exact) mass is 321 g/mol. The number of halogens is 1. The smallest absolute Gasteiger partial charge is 0.331 e. The molecule has 2 rings (SSSR count). The largest absolute Gasteiger partial charge is 0.452 e. The summed E-state index contributed by atoms with van der Waals surface area (Å²) in [5.74, 6) is -0.644. The molecule has 118 valence electrons. The molecule has 4 nitrogen and oxygen atoms in total. The number of carbonyl (C=O) groups is 2. The number of rotatable bonds is 4. The van der Waals surface area contributed by atoms with E-state index >= 15 is 0 Å². The highest BCUT2D eigenvalue weighted by atomic mass is 35.5. The number of hydrogen-bond donors (Lipinski definition) is 0. The van der Waals surface area contributed by atoms with Gasteiger partial charge in [0.25, 0.3) is 5.91 Å². The van der Waals surface area contributed by atoms with Crippen molar-refractivity contribution in [3.8, 4) is 0 Å². The van der Waals surface area contributed by atoms with Gasteiger partial charge in [-0.1, -0.05) is 36.6 Å². The van der Waals surface area contributed by atoms with Crippen LogP contribution in [-0.4, -0.2) is 36.5 Å². The van der Waals surface area contributed by atoms with Gasteiger partial charge in [-0.25, -0.2) is 4.79 Å². The van der Waals surface area contributed by atoms with Crippen LogP contribution in [0.2, 0.25) is 5.02 Å². The summed E-state index contributed by atoms with van der Waals surface area (Å²) in [6.07, 6.45) is 7.28. The summed E-state index contributed by atoms with van der Waals surface area (Å²) in [7, 11) is 0. The number of hydrogen-bond acceptors (Lipinski definition) is 3. The fourth-order valence-corrected chi connectivity index (χ4v) is 2.57. The SMILES string of the molecule is O=C(C=Cc1cccc(Cl)c1)OCC(=O)N1CCCCCC1. The van der Waals surface area contributed by atoms with Gasteiger partial charge in [-0.05, 0) is 36.6 Å². The van der Waals surface area contributed by atoms with Gasteiger partial charge in [-0.15, -0.1) is 0 Å². The first-order valence-corrected chi connectivity index (χ1v) is 7.91. The molecule has 1 aliphatic heterocycles. The summed E-state index contributed by atoms with van der Waals surface area (Å²) in [6.45, 7) is 1.32. The van der Waals surface area contributed by atoms with Crippen LogP contribution in [0, 0.1) is 0 Å². The van der Waals surface area contributed by atoms with Gasteiger partial charge in [-0.2, -0.15) is 0 Å². The van der Waals surface area contributed by atoms with E-state index in [2.05, 4.69) is 0 Å². The molecule has 1 heterocycles. The van der Waals surface area contributed by atoms with Crippen molar-refractivity contribution in [1.82, 2.24) is 4.90 Å². The standard InChI is InChI=1S/C17H20ClNO3/c18-15-7-5-6-14(12-15)8-9-17(21)22-13-16(20)19-10-3-1-2-4-11-19/h5-9,12H,1-4,10-11,13H2. The summed E-state index contributed by atoms with van der Waals surface area (Å²) in [4.78, 5) is 25.4. The fourth-order valence-electron chi connectivity index (χ4n) is 2.37. The number of nitrogens with zero attached hydrogens (tertiary/aromatic N) is 1. The summed E-state index contributed by atoms with van der Waals surface area (Å²) in [5.41, 5.74) is 0.809. The van der Waals surface area contributed by atoms with Crippen molar-refractivity contribution >= 4 is 29.6 Å². The van der Waals surface area contributed by atoms with Crippen LogP contribution in [0.15, 0.2) is 30.3 Å². The molecule has 1 aliphatic rings. The lowest BCUT2D eigenvalue weighted by Gasteiger charge is -2.19. The molecular weight excluding hydrogens is 302 g/mol. The van der Waals surface area contributed by atoms with Crippen molar-refractivity contribution in [2.24, 2.45) is 0 Å². The van der Waals surface area contributed by atoms with Gasteiger partial charge >= 0.3 is 5.97 Å². The quantitative estimate of drug-likeness (QED) is 0.631. The molecule has 0 aliphatic carbocycles. The lowest BCUT2D eigenvalue weighted by molar-refractivity contribution is -0.148. The minimum atomic E-state index is -0.525. The van der Waals surface area contributed by atoms with Crippen LogP contribution >= 0.6 is 11.6 Å². The zero-order valence-corrected chi connectivity index (χ0v) is 13.2. The Morgan fingerprint density at radius 3 is 2.59 bits per heavy atom. The van der Waals surface area contributed by atoms with Crippen molar-refractivity contribution in [1.29, 1.82) is 0 Å². The van der Waals surface area contributed by atoms with E-state index in [1.54, 1.807) is 29.2 Å². The van der Waals surface area contributed by atoms with Crippen molar-refractivity contribution in [3.05, 3.63) is 40.9 Å². The van der Waals surface area contributed by atoms with Gasteiger partial charge in [-0.3, -0.25) is 4.79 Å². The molecule has 0 aromatic heterocycles. The second kappa shape index (κ2) is 8.59. The van der Waals surface area contributed by atoms with Crippen LogP contribution in [0.1, 0.15) is 31.2 Å². The van der Waals surface area contributed by atoms with Crippen LogP contribution in [0.3, 0.4) is 0 Å². The normalized spacial score (nSPS) is 15.6. The minimum Gasteiger partial charge on any atom is -0.452 e. The zero-order valence-electron chi connectivity index (χ0n) is 12.5. The second-order valence-corrected chi connectivity index (χ2v) is 5.73. The first-order chi connectivity index (χ1) is 10.6. The molecule has 1 amide bonds. The van der Waals surface area contributed by atoms with Crippen LogP contribution in [0.25, 0.3) is 6.08 Å². The van der Waals surface area contributed by atoms with Gasteiger partial charge < -0.3 is 9.64 Å². The highest BCUT2D eigenvalue weighted by molar-refractivity contribution is 6.30. The molecule has 1 aromatic carbocycles. The lowest BCUT2D eigenvalue weighted by Crippen LogP contribution is -2.35. The topological polar surface area (TPSA) is 46.6 Å². The Hall–Kier alpha value is -1.81. The minimum absolute atomic E-state index is 0.119. The fraction of sp³-hybridized carbons (Fsp3) is 0.412. The highest BCUT2D eigenvalue weighted by Crippen LogP contribution is 2.12. The highest BCUT2D eigenvalue weighted by Gasteiger charge is 2.16. The number of likely N-dealkylation sites (tertiary alicyclic amines) is 1.